The van der Waals surface area contributed by atoms with Crippen molar-refractivity contribution in [2.45, 2.75) is 45.6 Å². The van der Waals surface area contributed by atoms with Crippen molar-refractivity contribution in [3.05, 3.63) is 52.1 Å². The first-order chi connectivity index (χ1) is 16.0. The number of ether oxygens (including phenoxy) is 2. The van der Waals surface area contributed by atoms with Gasteiger partial charge in [0, 0.05) is 31.9 Å². The normalized spacial score (nSPS) is 17.1. The number of nitrogens with zero attached hydrogens (tertiary/aromatic N) is 3. The first kappa shape index (κ1) is 22.9. The van der Waals surface area contributed by atoms with E-state index in [1.54, 1.807) is 10.8 Å². The number of carbonyl (C=O) groups excluding carboxylic acids is 2. The number of halogens is 1. The third-order valence-electron chi connectivity index (χ3n) is 6.49. The molecule has 3 heterocycles. The molecule has 1 spiro atoms. The third kappa shape index (κ3) is 4.76. The van der Waals surface area contributed by atoms with Crippen LogP contribution in [-0.4, -0.2) is 48.0 Å². The maximum absolute atomic E-state index is 13.5. The van der Waals surface area contributed by atoms with E-state index >= 15 is 0 Å². The van der Waals surface area contributed by atoms with Gasteiger partial charge < -0.3 is 14.8 Å². The molecule has 0 saturated carbocycles. The number of nitriles is 1. The molecule has 4 rings (SSSR count). The van der Waals surface area contributed by atoms with Gasteiger partial charge in [-0.25, -0.2) is 9.18 Å². The zero-order chi connectivity index (χ0) is 23.4. The molecule has 0 radical (unpaired) electrons. The second-order valence-corrected chi connectivity index (χ2v) is 8.61. The molecule has 0 atom stereocenters. The standard InChI is InChI=1S/C24H27FN4O4/c1-2-29-21-18(13-24(15-27-22(21)30)7-10-32-11-8-24)20(28-29)4-3-9-33-23(31)16-5-6-19(25)17(12-16)14-26/h5-6,12H,2-4,7-11,13,15H2,1H3,(H,27,30). The van der Waals surface area contributed by atoms with Gasteiger partial charge in [0.05, 0.1) is 23.4 Å². The number of carbonyl (C=O) groups is 2. The van der Waals surface area contributed by atoms with Crippen LogP contribution in [0.3, 0.4) is 0 Å². The maximum Gasteiger partial charge on any atom is 0.338 e. The Morgan fingerprint density at radius 3 is 2.91 bits per heavy atom. The molecule has 0 aliphatic carbocycles. The predicted molar refractivity (Wildman–Crippen MR) is 116 cm³/mol. The number of fused-ring (bicyclic) bond motifs is 1. The SMILES string of the molecule is CCn1nc(CCCOC(=O)c2ccc(F)c(C#N)c2)c2c1C(=O)NCC1(CCOCC1)C2. The Morgan fingerprint density at radius 2 is 2.18 bits per heavy atom. The zero-order valence-electron chi connectivity index (χ0n) is 18.7. The number of hydrogen-bond acceptors (Lipinski definition) is 6. The van der Waals surface area contributed by atoms with Crippen molar-refractivity contribution in [1.29, 1.82) is 5.26 Å². The van der Waals surface area contributed by atoms with Gasteiger partial charge in [-0.2, -0.15) is 10.4 Å². The van der Waals surface area contributed by atoms with Crippen LogP contribution in [0.4, 0.5) is 4.39 Å². The molecule has 0 unspecified atom stereocenters. The largest absolute Gasteiger partial charge is 0.462 e. The molecule has 2 aromatic rings. The van der Waals surface area contributed by atoms with Gasteiger partial charge in [0.1, 0.15) is 17.6 Å². The van der Waals surface area contributed by atoms with E-state index in [9.17, 15) is 14.0 Å². The summed E-state index contributed by atoms with van der Waals surface area (Å²) in [6, 6.07) is 5.28. The maximum atomic E-state index is 13.5. The summed E-state index contributed by atoms with van der Waals surface area (Å²) < 4.78 is 26.1. The van der Waals surface area contributed by atoms with Gasteiger partial charge in [0.25, 0.3) is 5.91 Å². The molecule has 1 amide bonds. The lowest BCUT2D eigenvalue weighted by molar-refractivity contribution is 0.0160. The molecule has 1 fully saturated rings. The van der Waals surface area contributed by atoms with Gasteiger partial charge >= 0.3 is 5.97 Å². The molecule has 2 aliphatic rings. The Kier molecular flexibility index (Phi) is 6.75. The fraction of sp³-hybridized carbons (Fsp3) is 0.500. The van der Waals surface area contributed by atoms with Crippen LogP contribution in [0.1, 0.15) is 63.9 Å². The first-order valence-corrected chi connectivity index (χ1v) is 11.3. The van der Waals surface area contributed by atoms with E-state index in [2.05, 4.69) is 5.32 Å². The van der Waals surface area contributed by atoms with Crippen molar-refractivity contribution < 1.29 is 23.5 Å². The van der Waals surface area contributed by atoms with Crippen molar-refractivity contribution in [1.82, 2.24) is 15.1 Å². The summed E-state index contributed by atoms with van der Waals surface area (Å²) in [5.74, 6) is -1.37. The van der Waals surface area contributed by atoms with E-state index in [1.807, 2.05) is 6.92 Å². The lowest BCUT2D eigenvalue weighted by Crippen LogP contribution is -2.40. The van der Waals surface area contributed by atoms with Crippen LogP contribution in [0, 0.1) is 22.6 Å². The first-order valence-electron chi connectivity index (χ1n) is 11.3. The lowest BCUT2D eigenvalue weighted by Gasteiger charge is -2.36. The second-order valence-electron chi connectivity index (χ2n) is 8.61. The van der Waals surface area contributed by atoms with Gasteiger partial charge in [-0.15, -0.1) is 0 Å². The van der Waals surface area contributed by atoms with E-state index in [0.717, 1.165) is 36.6 Å². The molecule has 1 aromatic carbocycles. The summed E-state index contributed by atoms with van der Waals surface area (Å²) in [4.78, 5) is 25.1. The molecule has 0 bridgehead atoms. The molecule has 1 saturated heterocycles. The van der Waals surface area contributed by atoms with Crippen molar-refractivity contribution in [3.63, 3.8) is 0 Å². The highest BCUT2D eigenvalue weighted by atomic mass is 19.1. The minimum Gasteiger partial charge on any atom is -0.462 e. The van der Waals surface area contributed by atoms with E-state index < -0.39 is 11.8 Å². The highest BCUT2D eigenvalue weighted by Crippen LogP contribution is 2.37. The summed E-state index contributed by atoms with van der Waals surface area (Å²) in [6.07, 6.45) is 3.65. The number of aryl methyl sites for hydroxylation is 2. The molecule has 9 heteroatoms. The molecule has 8 nitrogen and oxygen atoms in total. The van der Waals surface area contributed by atoms with Gasteiger partial charge in [0.2, 0.25) is 0 Å². The van der Waals surface area contributed by atoms with Crippen LogP contribution in [-0.2, 0) is 28.9 Å². The van der Waals surface area contributed by atoms with Crippen LogP contribution >= 0.6 is 0 Å². The number of benzene rings is 1. The van der Waals surface area contributed by atoms with E-state index in [4.69, 9.17) is 19.8 Å². The quantitative estimate of drug-likeness (QED) is 0.531. The summed E-state index contributed by atoms with van der Waals surface area (Å²) >= 11 is 0. The van der Waals surface area contributed by atoms with Gasteiger partial charge in [-0.05, 0) is 62.6 Å². The van der Waals surface area contributed by atoms with E-state index in [0.29, 0.717) is 44.8 Å². The molecule has 174 valence electrons. The monoisotopic (exact) mass is 454 g/mol. The average molecular weight is 455 g/mol. The Balaban J connectivity index is 1.44. The van der Waals surface area contributed by atoms with Gasteiger partial charge in [-0.3, -0.25) is 9.48 Å². The predicted octanol–water partition coefficient (Wildman–Crippen LogP) is 2.79. The Morgan fingerprint density at radius 1 is 1.39 bits per heavy atom. The number of esters is 1. The Labute approximate surface area is 191 Å². The topological polar surface area (TPSA) is 106 Å². The highest BCUT2D eigenvalue weighted by Gasteiger charge is 2.39. The summed E-state index contributed by atoms with van der Waals surface area (Å²) in [5.41, 5.74) is 2.39. The van der Waals surface area contributed by atoms with Crippen LogP contribution in [0.25, 0.3) is 0 Å². The average Bonchev–Trinajstić information content (AvgIpc) is 3.11. The van der Waals surface area contributed by atoms with Crippen molar-refractivity contribution >= 4 is 11.9 Å². The van der Waals surface area contributed by atoms with Crippen molar-refractivity contribution in [2.24, 2.45) is 5.41 Å². The number of nitrogens with one attached hydrogen (secondary N) is 1. The van der Waals surface area contributed by atoms with E-state index in [1.165, 1.54) is 12.1 Å². The van der Waals surface area contributed by atoms with Crippen LogP contribution < -0.4 is 5.32 Å². The van der Waals surface area contributed by atoms with Gasteiger partial charge in [-0.1, -0.05) is 0 Å². The molecule has 1 N–H and O–H groups in total. The fourth-order valence-corrected chi connectivity index (χ4v) is 4.59. The minimum atomic E-state index is -0.674. The molecule has 2 aliphatic heterocycles. The fourth-order valence-electron chi connectivity index (χ4n) is 4.59. The second kappa shape index (κ2) is 9.71. The summed E-state index contributed by atoms with van der Waals surface area (Å²) in [7, 11) is 0. The molecular weight excluding hydrogens is 427 g/mol. The zero-order valence-corrected chi connectivity index (χ0v) is 18.7. The summed E-state index contributed by atoms with van der Waals surface area (Å²) in [5, 5.41) is 16.7. The number of amides is 1. The van der Waals surface area contributed by atoms with Crippen LogP contribution in [0.5, 0.6) is 0 Å². The van der Waals surface area contributed by atoms with Gasteiger partial charge in [0.15, 0.2) is 0 Å². The van der Waals surface area contributed by atoms with Crippen molar-refractivity contribution in [2.75, 3.05) is 26.4 Å². The Hall–Kier alpha value is -3.25. The smallest absolute Gasteiger partial charge is 0.338 e. The number of aromatic nitrogens is 2. The molecular formula is C24H27FN4O4. The lowest BCUT2D eigenvalue weighted by atomic mass is 9.75. The molecule has 33 heavy (non-hydrogen) atoms. The van der Waals surface area contributed by atoms with E-state index in [-0.39, 0.29) is 29.1 Å². The number of hydrogen-bond donors (Lipinski definition) is 1. The molecule has 1 aromatic heterocycles. The minimum absolute atomic E-state index is 0.0248. The summed E-state index contributed by atoms with van der Waals surface area (Å²) in [6.45, 7) is 4.71. The van der Waals surface area contributed by atoms with Crippen molar-refractivity contribution in [3.8, 4) is 6.07 Å². The number of rotatable bonds is 6. The highest BCUT2D eigenvalue weighted by molar-refractivity contribution is 5.94. The van der Waals surface area contributed by atoms with Crippen LogP contribution in [0.2, 0.25) is 0 Å². The van der Waals surface area contributed by atoms with Crippen LogP contribution in [0.15, 0.2) is 18.2 Å². The third-order valence-corrected chi connectivity index (χ3v) is 6.49. The Bertz CT molecular complexity index is 1100.